The molecule has 1 aromatic carbocycles. The fraction of sp³-hybridized carbons (Fsp3) is 0.471. The van der Waals surface area contributed by atoms with Crippen molar-refractivity contribution in [1.82, 2.24) is 4.90 Å². The molecule has 0 aliphatic carbocycles. The van der Waals surface area contributed by atoms with Gasteiger partial charge in [0.1, 0.15) is 6.04 Å². The lowest BCUT2D eigenvalue weighted by atomic mass is 10.2. The van der Waals surface area contributed by atoms with Crippen LogP contribution in [-0.2, 0) is 16.1 Å². The third kappa shape index (κ3) is 5.39. The molecule has 1 heterocycles. The molecule has 1 unspecified atom stereocenters. The van der Waals surface area contributed by atoms with Gasteiger partial charge in [-0.1, -0.05) is 44.2 Å². The van der Waals surface area contributed by atoms with E-state index < -0.39 is 11.0 Å². The molecule has 23 heavy (non-hydrogen) atoms. The van der Waals surface area contributed by atoms with Gasteiger partial charge in [0.15, 0.2) is 0 Å². The molecule has 1 fully saturated rings. The molecule has 1 saturated heterocycles. The van der Waals surface area contributed by atoms with Crippen LogP contribution >= 0.6 is 0 Å². The van der Waals surface area contributed by atoms with Crippen LogP contribution in [0.5, 0.6) is 0 Å². The van der Waals surface area contributed by atoms with Crippen LogP contribution in [0.4, 0.5) is 0 Å². The van der Waals surface area contributed by atoms with Crippen molar-refractivity contribution in [1.29, 1.82) is 0 Å². The summed E-state index contributed by atoms with van der Waals surface area (Å²) >= 11 is 0. The number of nitro groups is 1. The lowest BCUT2D eigenvalue weighted by molar-refractivity contribution is -0.404. The Morgan fingerprint density at radius 1 is 1.39 bits per heavy atom. The van der Waals surface area contributed by atoms with Crippen LogP contribution in [0.25, 0.3) is 0 Å². The van der Waals surface area contributed by atoms with E-state index in [1.165, 1.54) is 0 Å². The van der Waals surface area contributed by atoms with Gasteiger partial charge in [-0.3, -0.25) is 10.1 Å². The smallest absolute Gasteiger partial charge is 0.328 e. The molecular formula is C17H24N2O4. The minimum Gasteiger partial charge on any atom is -0.464 e. The summed E-state index contributed by atoms with van der Waals surface area (Å²) in [5.41, 5.74) is 1.57. The molecule has 2 rings (SSSR count). The van der Waals surface area contributed by atoms with Gasteiger partial charge in [-0.15, -0.1) is 0 Å². The topological polar surface area (TPSA) is 72.7 Å². The van der Waals surface area contributed by atoms with Gasteiger partial charge in [0.2, 0.25) is 0 Å². The molecule has 0 radical (unpaired) electrons. The first-order valence-electron chi connectivity index (χ1n) is 7.93. The lowest BCUT2D eigenvalue weighted by Crippen LogP contribution is -2.36. The number of hydrogen-bond donors (Lipinski definition) is 0. The van der Waals surface area contributed by atoms with Gasteiger partial charge in [-0.25, -0.2) is 4.79 Å². The van der Waals surface area contributed by atoms with E-state index in [1.807, 2.05) is 44.2 Å². The molecule has 1 atom stereocenters. The van der Waals surface area contributed by atoms with Gasteiger partial charge >= 0.3 is 5.97 Å². The maximum atomic E-state index is 12.0. The van der Waals surface area contributed by atoms with E-state index in [1.54, 1.807) is 11.8 Å². The number of allylic oxidation sites excluding steroid dienone is 1. The number of nitrogens with zero attached hydrogens (tertiary/aromatic N) is 2. The van der Waals surface area contributed by atoms with E-state index in [4.69, 9.17) is 4.74 Å². The number of carbonyl (C=O) groups excluding carboxylic acids is 1. The number of ether oxygens (including phenoxy) is 1. The molecule has 0 spiro atoms. The van der Waals surface area contributed by atoms with E-state index >= 15 is 0 Å². The number of benzene rings is 1. The molecule has 0 bridgehead atoms. The molecular weight excluding hydrogens is 296 g/mol. The number of likely N-dealkylation sites (tertiary alicyclic amines) is 1. The highest BCUT2D eigenvalue weighted by atomic mass is 16.6. The summed E-state index contributed by atoms with van der Waals surface area (Å²) in [5.74, 6) is -0.319. The zero-order valence-corrected chi connectivity index (χ0v) is 13.9. The Bertz CT molecular complexity index is 543. The van der Waals surface area contributed by atoms with Crippen molar-refractivity contribution >= 4 is 5.97 Å². The molecule has 0 N–H and O–H groups in total. The molecule has 0 amide bonds. The molecule has 1 aliphatic rings. The summed E-state index contributed by atoms with van der Waals surface area (Å²) in [5, 5.41) is 10.7. The normalized spacial score (nSPS) is 18.3. The Labute approximate surface area is 136 Å². The van der Waals surface area contributed by atoms with Crippen molar-refractivity contribution < 1.29 is 14.5 Å². The SMILES string of the molecule is CC.CCOC(=O)C1CC/C(=C\[N+](=O)[O-])N1Cc1ccccc1. The van der Waals surface area contributed by atoms with Gasteiger partial charge in [-0.05, 0) is 25.3 Å². The summed E-state index contributed by atoms with van der Waals surface area (Å²) in [4.78, 5) is 24.1. The van der Waals surface area contributed by atoms with E-state index in [0.29, 0.717) is 31.7 Å². The average Bonchev–Trinajstić information content (AvgIpc) is 2.92. The predicted molar refractivity (Wildman–Crippen MR) is 88.1 cm³/mol. The van der Waals surface area contributed by atoms with Crippen molar-refractivity contribution in [2.24, 2.45) is 0 Å². The second kappa shape index (κ2) is 9.61. The monoisotopic (exact) mass is 320 g/mol. The maximum Gasteiger partial charge on any atom is 0.328 e. The number of esters is 1. The second-order valence-electron chi connectivity index (χ2n) is 4.83. The van der Waals surface area contributed by atoms with Crippen LogP contribution in [0.3, 0.4) is 0 Å². The summed E-state index contributed by atoms with van der Waals surface area (Å²) in [7, 11) is 0. The third-order valence-corrected chi connectivity index (χ3v) is 3.43. The average molecular weight is 320 g/mol. The van der Waals surface area contributed by atoms with Crippen molar-refractivity contribution in [3.8, 4) is 0 Å². The second-order valence-corrected chi connectivity index (χ2v) is 4.83. The van der Waals surface area contributed by atoms with Gasteiger partial charge in [0, 0.05) is 6.54 Å². The minimum absolute atomic E-state index is 0.308. The molecule has 0 saturated carbocycles. The van der Waals surface area contributed by atoms with Crippen molar-refractivity contribution in [2.75, 3.05) is 6.61 Å². The van der Waals surface area contributed by atoms with Crippen LogP contribution in [0.2, 0.25) is 0 Å². The van der Waals surface area contributed by atoms with Gasteiger partial charge in [0.05, 0.1) is 17.2 Å². The highest BCUT2D eigenvalue weighted by Gasteiger charge is 2.36. The van der Waals surface area contributed by atoms with Crippen LogP contribution in [0.15, 0.2) is 42.2 Å². The Balaban J connectivity index is 0.00000127. The lowest BCUT2D eigenvalue weighted by Gasteiger charge is -2.25. The molecule has 6 nitrogen and oxygen atoms in total. The zero-order valence-electron chi connectivity index (χ0n) is 13.9. The van der Waals surface area contributed by atoms with Crippen molar-refractivity contribution in [3.05, 3.63) is 57.9 Å². The van der Waals surface area contributed by atoms with Gasteiger partial charge in [-0.2, -0.15) is 0 Å². The fourth-order valence-corrected chi connectivity index (χ4v) is 2.52. The van der Waals surface area contributed by atoms with Crippen molar-refractivity contribution in [3.63, 3.8) is 0 Å². The highest BCUT2D eigenvalue weighted by Crippen LogP contribution is 2.30. The summed E-state index contributed by atoms with van der Waals surface area (Å²) < 4.78 is 5.07. The van der Waals surface area contributed by atoms with E-state index in [-0.39, 0.29) is 5.97 Å². The fourth-order valence-electron chi connectivity index (χ4n) is 2.52. The maximum absolute atomic E-state index is 12.0. The molecule has 1 aromatic rings. The summed E-state index contributed by atoms with van der Waals surface area (Å²) in [6.07, 6.45) is 2.05. The molecule has 0 aromatic heterocycles. The molecule has 1 aliphatic heterocycles. The van der Waals surface area contributed by atoms with Gasteiger partial charge in [0.25, 0.3) is 6.20 Å². The summed E-state index contributed by atoms with van der Waals surface area (Å²) in [6.45, 7) is 6.52. The summed E-state index contributed by atoms with van der Waals surface area (Å²) in [6, 6.07) is 9.14. The predicted octanol–water partition coefficient (Wildman–Crippen LogP) is 3.36. The Hall–Kier alpha value is -2.37. The van der Waals surface area contributed by atoms with Crippen LogP contribution in [0, 0.1) is 10.1 Å². The van der Waals surface area contributed by atoms with E-state index in [9.17, 15) is 14.9 Å². The first-order chi connectivity index (χ1) is 11.1. The number of rotatable bonds is 5. The Kier molecular flexibility index (Phi) is 7.80. The van der Waals surface area contributed by atoms with E-state index in [2.05, 4.69) is 0 Å². The van der Waals surface area contributed by atoms with Crippen molar-refractivity contribution in [2.45, 2.75) is 46.2 Å². The van der Waals surface area contributed by atoms with Gasteiger partial charge < -0.3 is 9.64 Å². The minimum atomic E-state index is -0.471. The quantitative estimate of drug-likeness (QED) is 0.472. The van der Waals surface area contributed by atoms with Crippen LogP contribution in [-0.4, -0.2) is 28.4 Å². The Morgan fingerprint density at radius 2 is 2.04 bits per heavy atom. The first kappa shape index (κ1) is 18.7. The van der Waals surface area contributed by atoms with E-state index in [0.717, 1.165) is 11.8 Å². The third-order valence-electron chi connectivity index (χ3n) is 3.43. The molecule has 6 heteroatoms. The zero-order chi connectivity index (χ0) is 17.2. The molecule has 126 valence electrons. The number of hydrogen-bond acceptors (Lipinski definition) is 5. The highest BCUT2D eigenvalue weighted by molar-refractivity contribution is 5.76. The Morgan fingerprint density at radius 3 is 2.61 bits per heavy atom. The first-order valence-corrected chi connectivity index (χ1v) is 7.93. The largest absolute Gasteiger partial charge is 0.464 e. The van der Waals surface area contributed by atoms with Crippen LogP contribution in [0.1, 0.15) is 39.2 Å². The number of carbonyl (C=O) groups is 1. The van der Waals surface area contributed by atoms with Crippen LogP contribution < -0.4 is 0 Å². The standard InChI is InChI=1S/C15H18N2O4.C2H6/c1-2-21-15(18)14-9-8-13(11-17(19)20)16(14)10-12-6-4-3-5-7-12;1-2/h3-7,11,14H,2,8-10H2,1H3;1-2H3/b13-11+;.